The molecule has 6 fully saturated rings. The highest BCUT2D eigenvalue weighted by molar-refractivity contribution is 6.31. The molecule has 0 bridgehead atoms. The Morgan fingerprint density at radius 2 is 0.596 bits per heavy atom. The second kappa shape index (κ2) is 37.8. The molecule has 6 aliphatic heterocycles. The van der Waals surface area contributed by atoms with Gasteiger partial charge in [-0.3, -0.25) is 33.9 Å². The number of urea groups is 2. The van der Waals surface area contributed by atoms with E-state index in [9.17, 15) is 33.9 Å². The maximum absolute atomic E-state index is 13.6. The Balaban J connectivity index is 0.000000174. The van der Waals surface area contributed by atoms with Crippen LogP contribution in [0.15, 0.2) is 158 Å². The monoisotopic (exact) mass is 1570 g/mol. The van der Waals surface area contributed by atoms with Crippen LogP contribution in [0.3, 0.4) is 0 Å². The fourth-order valence-corrected chi connectivity index (χ4v) is 17.6. The number of piperidine rings is 3. The third-order valence-electron chi connectivity index (χ3n) is 23.4. The van der Waals surface area contributed by atoms with Crippen molar-refractivity contribution in [3.8, 4) is 0 Å². The fraction of sp³-hybridized carbons (Fsp3) is 0.517. The summed E-state index contributed by atoms with van der Waals surface area (Å²) in [5.74, 6) is 1.52. The van der Waals surface area contributed by atoms with Gasteiger partial charge in [0.1, 0.15) is 0 Å². The van der Waals surface area contributed by atoms with Crippen molar-refractivity contribution in [3.05, 3.63) is 211 Å². The lowest BCUT2D eigenvalue weighted by molar-refractivity contribution is -0.146. The van der Waals surface area contributed by atoms with Gasteiger partial charge in [0.2, 0.25) is 23.6 Å². The predicted octanol–water partition coefficient (Wildman–Crippen LogP) is 15.4. The number of piperazine rings is 3. The summed E-state index contributed by atoms with van der Waals surface area (Å²) in [6, 6.07) is 52.4. The number of halogens is 4. The Labute approximate surface area is 667 Å². The lowest BCUT2D eigenvalue weighted by Crippen LogP contribution is -2.63. The predicted molar refractivity (Wildman–Crippen MR) is 437 cm³/mol. The number of likely N-dealkylation sites (tertiary alicyclic amines) is 3. The Morgan fingerprint density at radius 1 is 0.358 bits per heavy atom. The van der Waals surface area contributed by atoms with Crippen LogP contribution in [-0.2, 0) is 19.2 Å². The van der Waals surface area contributed by atoms with Gasteiger partial charge in [0.15, 0.2) is 0 Å². The molecule has 5 N–H and O–H groups in total. The van der Waals surface area contributed by atoms with Crippen molar-refractivity contribution in [3.63, 3.8) is 0 Å². The Bertz CT molecular complexity index is 3740. The maximum atomic E-state index is 13.6. The number of hydrogen-bond acceptors (Lipinski definition) is 10. The van der Waals surface area contributed by atoms with Crippen LogP contribution >= 0.6 is 46.4 Å². The molecule has 0 aromatic heterocycles. The first kappa shape index (κ1) is 84.2. The first-order valence-corrected chi connectivity index (χ1v) is 40.6. The minimum absolute atomic E-state index is 0.0625. The van der Waals surface area contributed by atoms with Crippen LogP contribution in [-0.4, -0.2) is 207 Å². The minimum Gasteiger partial charge on any atom is -0.388 e. The molecule has 0 aliphatic carbocycles. The van der Waals surface area contributed by atoms with Crippen molar-refractivity contribution >= 4 is 82.1 Å². The van der Waals surface area contributed by atoms with Crippen LogP contribution in [0.2, 0.25) is 20.1 Å². The third kappa shape index (κ3) is 22.8. The molecule has 12 rings (SSSR count). The second-order valence-corrected chi connectivity index (χ2v) is 35.3. The number of carbonyl (C=O) groups excluding carboxylic acids is 6. The average molecular weight is 1570 g/mol. The van der Waals surface area contributed by atoms with Gasteiger partial charge in [-0.1, -0.05) is 197 Å². The summed E-state index contributed by atoms with van der Waals surface area (Å²) in [7, 11) is 0. The van der Waals surface area contributed by atoms with Crippen molar-refractivity contribution in [1.82, 2.24) is 44.1 Å². The summed E-state index contributed by atoms with van der Waals surface area (Å²) in [4.78, 5) is 94.0. The van der Waals surface area contributed by atoms with Crippen LogP contribution in [0.1, 0.15) is 172 Å². The molecule has 6 heterocycles. The van der Waals surface area contributed by atoms with Gasteiger partial charge in [-0.25, -0.2) is 9.59 Å². The lowest BCUT2D eigenvalue weighted by atomic mass is 9.82. The number of hydrogen-bond donors (Lipinski definition) is 3. The smallest absolute Gasteiger partial charge is 0.314 e. The average Bonchev–Trinajstić information content (AvgIpc) is 0.788. The van der Waals surface area contributed by atoms with E-state index in [1.165, 1.54) is 22.3 Å². The minimum atomic E-state index is -1.07. The number of aliphatic hydroxyl groups is 1. The number of benzene rings is 6. The molecule has 0 radical (unpaired) electrons. The summed E-state index contributed by atoms with van der Waals surface area (Å²) in [6.45, 7) is 28.9. The molecular weight excluding hydrogens is 1450 g/mol. The first-order chi connectivity index (χ1) is 51.8. The standard InChI is InChI=1S/C29H37Cl2N3O3.2C29H39ClN4O2/c1-20(35)32-14-12-21(13-15-32)18-27(36)34-17-16-33(19-26(34)29(2,3)37)28(22-4-8-24(30)9-5-22)23-6-10-25(31)11-7-23;2*1-29(2,3)25-20-33(27(22-7-5-4-6-8-22)23-9-11-24(30)12-10-23)17-18-34(25)26(35)19-21-13-15-32(16-14-21)28(31)36/h4-11,21,26,28,37H,12-19H2,1-3H3;2*4-12,21,25,27H,13-20H2,1-3H3,(H2,31,36)/t;2*25-,27?/m.11/s1. The second-order valence-electron chi connectivity index (χ2n) is 33.5. The van der Waals surface area contributed by atoms with Gasteiger partial charge in [0, 0.05) is 157 Å². The summed E-state index contributed by atoms with van der Waals surface area (Å²) >= 11 is 24.8. The molecule has 6 aromatic rings. The van der Waals surface area contributed by atoms with E-state index < -0.39 is 5.60 Å². The molecule has 3 unspecified atom stereocenters. The van der Waals surface area contributed by atoms with E-state index in [0.29, 0.717) is 113 Å². The van der Waals surface area contributed by atoms with Crippen LogP contribution in [0.4, 0.5) is 9.59 Å². The van der Waals surface area contributed by atoms with Gasteiger partial charge in [0.05, 0.1) is 29.8 Å². The van der Waals surface area contributed by atoms with E-state index in [2.05, 4.69) is 139 Å². The highest BCUT2D eigenvalue weighted by Crippen LogP contribution is 2.41. The van der Waals surface area contributed by atoms with Gasteiger partial charge < -0.3 is 46.0 Å². The van der Waals surface area contributed by atoms with Crippen molar-refractivity contribution < 1.29 is 33.9 Å². The van der Waals surface area contributed by atoms with Crippen LogP contribution in [0.5, 0.6) is 0 Å². The highest BCUT2D eigenvalue weighted by atomic mass is 35.5. The van der Waals surface area contributed by atoms with Gasteiger partial charge in [0.25, 0.3) is 0 Å². The molecule has 0 spiro atoms. The van der Waals surface area contributed by atoms with E-state index in [0.717, 1.165) is 85.9 Å². The Kier molecular flexibility index (Phi) is 29.2. The largest absolute Gasteiger partial charge is 0.388 e. The number of amides is 8. The number of rotatable bonds is 16. The third-order valence-corrected chi connectivity index (χ3v) is 24.4. The molecule has 588 valence electrons. The summed E-state index contributed by atoms with van der Waals surface area (Å²) in [6.07, 6.45) is 6.56. The van der Waals surface area contributed by atoms with Crippen molar-refractivity contribution in [2.75, 3.05) is 98.2 Å². The number of nitrogens with two attached hydrogens (primary N) is 2. The van der Waals surface area contributed by atoms with E-state index in [1.54, 1.807) is 30.6 Å². The normalized spacial score (nSPS) is 20.5. The van der Waals surface area contributed by atoms with Crippen LogP contribution in [0.25, 0.3) is 0 Å². The zero-order valence-corrected chi connectivity index (χ0v) is 68.3. The molecule has 22 heteroatoms. The molecule has 8 amide bonds. The summed E-state index contributed by atoms with van der Waals surface area (Å²) in [5.41, 5.74) is 16.7. The van der Waals surface area contributed by atoms with Gasteiger partial charge in [-0.15, -0.1) is 0 Å². The summed E-state index contributed by atoms with van der Waals surface area (Å²) < 4.78 is 0. The molecule has 18 nitrogen and oxygen atoms in total. The van der Waals surface area contributed by atoms with E-state index in [-0.39, 0.29) is 88.7 Å². The molecular formula is C87H115Cl4N11O7. The lowest BCUT2D eigenvalue weighted by Gasteiger charge is -2.50. The van der Waals surface area contributed by atoms with Crippen LogP contribution in [0, 0.1) is 28.6 Å². The van der Waals surface area contributed by atoms with E-state index >= 15 is 0 Å². The van der Waals surface area contributed by atoms with E-state index in [4.69, 9.17) is 57.9 Å². The maximum Gasteiger partial charge on any atom is 0.314 e. The zero-order chi connectivity index (χ0) is 78.5. The molecule has 6 aromatic carbocycles. The van der Waals surface area contributed by atoms with Crippen LogP contribution < -0.4 is 11.5 Å². The topological polar surface area (TPSA) is 204 Å². The number of carbonyl (C=O) groups is 6. The number of nitrogens with zero attached hydrogens (tertiary/aromatic N) is 9. The quantitative estimate of drug-likeness (QED) is 0.0836. The summed E-state index contributed by atoms with van der Waals surface area (Å²) in [5, 5.41) is 14.0. The van der Waals surface area contributed by atoms with Crippen molar-refractivity contribution in [2.45, 2.75) is 162 Å². The molecule has 0 saturated carbocycles. The molecule has 5 atom stereocenters. The highest BCUT2D eigenvalue weighted by Gasteiger charge is 2.45. The van der Waals surface area contributed by atoms with Crippen molar-refractivity contribution in [2.24, 2.45) is 40.1 Å². The van der Waals surface area contributed by atoms with Crippen molar-refractivity contribution in [1.29, 1.82) is 0 Å². The fourth-order valence-electron chi connectivity index (χ4n) is 17.1. The van der Waals surface area contributed by atoms with Gasteiger partial charge >= 0.3 is 12.1 Å². The Hall–Kier alpha value is -7.26. The molecule has 6 aliphatic rings. The zero-order valence-electron chi connectivity index (χ0n) is 65.3. The first-order valence-electron chi connectivity index (χ1n) is 39.1. The number of primary amides is 2. The van der Waals surface area contributed by atoms with Gasteiger partial charge in [-0.05, 0) is 163 Å². The van der Waals surface area contributed by atoms with Gasteiger partial charge in [-0.2, -0.15) is 0 Å². The molecule has 109 heavy (non-hydrogen) atoms. The van der Waals surface area contributed by atoms with E-state index in [1.807, 2.05) is 94.7 Å². The molecule has 6 saturated heterocycles. The Morgan fingerprint density at radius 3 is 0.835 bits per heavy atom. The SMILES string of the molecule is CC(=O)N1CCC(CC(=O)N2CCN(C(c3ccc(Cl)cc3)c3ccc(Cl)cc3)CC2C(C)(C)O)CC1.CC(C)(C)[C@H]1CN(C(c2ccccc2)c2ccc(Cl)cc2)CCN1C(=O)CC1CCN(C(N)=O)CC1.CC(C)(C)[C@H]1CN(C(c2ccccc2)c2ccc(Cl)cc2)CCN1C(=O)CC1CCN(C(N)=O)CC1.